The molecule has 0 amide bonds. The van der Waals surface area contributed by atoms with Crippen LogP contribution in [-0.4, -0.2) is 15.0 Å². The number of rotatable bonds is 5. The Morgan fingerprint density at radius 1 is 1.15 bits per heavy atom. The Morgan fingerprint density at radius 3 is 2.75 bits per heavy atom. The van der Waals surface area contributed by atoms with Gasteiger partial charge in [-0.2, -0.15) is 15.0 Å². The van der Waals surface area contributed by atoms with E-state index in [1.807, 2.05) is 30.3 Å². The Balaban J connectivity index is 1.67. The van der Waals surface area contributed by atoms with E-state index in [1.54, 1.807) is 22.3 Å². The van der Waals surface area contributed by atoms with Gasteiger partial charge in [0, 0.05) is 4.88 Å². The Morgan fingerprint density at radius 2 is 2.00 bits per heavy atom. The number of aryl methyl sites for hydroxylation is 1. The summed E-state index contributed by atoms with van der Waals surface area (Å²) in [5.74, 6) is 0. The van der Waals surface area contributed by atoms with Crippen molar-refractivity contribution in [2.45, 2.75) is 18.9 Å². The van der Waals surface area contributed by atoms with E-state index in [-0.39, 0.29) is 6.04 Å². The van der Waals surface area contributed by atoms with Gasteiger partial charge in [0.1, 0.15) is 0 Å². The Hall–Kier alpha value is -1.98. The molecule has 102 valence electrons. The quantitative estimate of drug-likeness (QED) is 0.783. The molecule has 0 aliphatic rings. The topological polar surface area (TPSA) is 56.7 Å². The number of para-hydroxylation sites is 1. The zero-order valence-corrected chi connectivity index (χ0v) is 11.8. The first-order chi connectivity index (χ1) is 9.83. The van der Waals surface area contributed by atoms with Crippen molar-refractivity contribution in [2.24, 2.45) is 5.73 Å². The highest BCUT2D eigenvalue weighted by Gasteiger charge is 2.11. The number of hydrogen-bond acceptors (Lipinski definition) is 4. The average Bonchev–Trinajstić information content (AvgIpc) is 3.17. The molecule has 2 heterocycles. The molecule has 0 fully saturated rings. The maximum absolute atomic E-state index is 6.19. The van der Waals surface area contributed by atoms with E-state index >= 15 is 0 Å². The SMILES string of the molecule is NC(CCc1cccs1)c1cnn(-c2ccccc2)n1. The molecule has 0 aliphatic carbocycles. The number of nitrogens with two attached hydrogens (primary N) is 1. The molecule has 2 aromatic heterocycles. The molecular weight excluding hydrogens is 268 g/mol. The van der Waals surface area contributed by atoms with E-state index in [0.717, 1.165) is 24.2 Å². The molecule has 0 saturated carbocycles. The molecule has 1 atom stereocenters. The zero-order chi connectivity index (χ0) is 13.8. The van der Waals surface area contributed by atoms with Gasteiger partial charge in [-0.15, -0.1) is 11.3 Å². The number of aromatic nitrogens is 3. The van der Waals surface area contributed by atoms with Crippen molar-refractivity contribution in [3.8, 4) is 5.69 Å². The van der Waals surface area contributed by atoms with Gasteiger partial charge in [-0.25, -0.2) is 0 Å². The van der Waals surface area contributed by atoms with E-state index < -0.39 is 0 Å². The molecule has 0 aliphatic heterocycles. The van der Waals surface area contributed by atoms with Gasteiger partial charge in [-0.1, -0.05) is 24.3 Å². The van der Waals surface area contributed by atoms with Gasteiger partial charge in [0.2, 0.25) is 0 Å². The standard InChI is InChI=1S/C15H16N4S/c16-14(9-8-13-7-4-10-20-13)15-11-17-19(18-15)12-5-2-1-3-6-12/h1-7,10-11,14H,8-9,16H2. The lowest BCUT2D eigenvalue weighted by atomic mass is 10.1. The largest absolute Gasteiger partial charge is 0.323 e. The van der Waals surface area contributed by atoms with Crippen LogP contribution in [0.1, 0.15) is 23.0 Å². The molecule has 0 saturated heterocycles. The Bertz CT molecular complexity index is 646. The van der Waals surface area contributed by atoms with E-state index in [2.05, 4.69) is 27.7 Å². The van der Waals surface area contributed by atoms with Gasteiger partial charge in [-0.3, -0.25) is 0 Å². The van der Waals surface area contributed by atoms with Gasteiger partial charge in [0.05, 0.1) is 23.6 Å². The van der Waals surface area contributed by atoms with Crippen LogP contribution in [0.3, 0.4) is 0 Å². The first-order valence-corrected chi connectivity index (χ1v) is 7.46. The molecule has 3 aromatic rings. The summed E-state index contributed by atoms with van der Waals surface area (Å²) in [6.45, 7) is 0. The van der Waals surface area contributed by atoms with Crippen LogP contribution in [0.15, 0.2) is 54.0 Å². The maximum atomic E-state index is 6.19. The van der Waals surface area contributed by atoms with Crippen molar-refractivity contribution in [1.29, 1.82) is 0 Å². The third kappa shape index (κ3) is 2.95. The summed E-state index contributed by atoms with van der Waals surface area (Å²) in [7, 11) is 0. The highest BCUT2D eigenvalue weighted by molar-refractivity contribution is 7.09. The van der Waals surface area contributed by atoms with E-state index in [9.17, 15) is 0 Å². The number of hydrogen-bond donors (Lipinski definition) is 1. The Kier molecular flexibility index (Phi) is 3.90. The second-order valence-electron chi connectivity index (χ2n) is 4.62. The summed E-state index contributed by atoms with van der Waals surface area (Å²) in [5.41, 5.74) is 7.98. The van der Waals surface area contributed by atoms with Crippen molar-refractivity contribution < 1.29 is 0 Å². The van der Waals surface area contributed by atoms with Crippen LogP contribution in [0.4, 0.5) is 0 Å². The lowest BCUT2D eigenvalue weighted by Gasteiger charge is -2.06. The van der Waals surface area contributed by atoms with Gasteiger partial charge >= 0.3 is 0 Å². The second-order valence-corrected chi connectivity index (χ2v) is 5.65. The van der Waals surface area contributed by atoms with Crippen molar-refractivity contribution in [3.63, 3.8) is 0 Å². The molecule has 1 unspecified atom stereocenters. The number of benzene rings is 1. The third-order valence-corrected chi connectivity index (χ3v) is 4.09. The van der Waals surface area contributed by atoms with Crippen LogP contribution in [0.2, 0.25) is 0 Å². The normalized spacial score (nSPS) is 12.4. The van der Waals surface area contributed by atoms with Crippen LogP contribution in [0.25, 0.3) is 5.69 Å². The van der Waals surface area contributed by atoms with E-state index in [1.165, 1.54) is 4.88 Å². The molecule has 3 rings (SSSR count). The lowest BCUT2D eigenvalue weighted by Crippen LogP contribution is -2.12. The molecule has 4 nitrogen and oxygen atoms in total. The van der Waals surface area contributed by atoms with Crippen LogP contribution in [0.5, 0.6) is 0 Å². The number of nitrogens with zero attached hydrogens (tertiary/aromatic N) is 3. The monoisotopic (exact) mass is 284 g/mol. The minimum absolute atomic E-state index is 0.0745. The van der Waals surface area contributed by atoms with Crippen LogP contribution in [0, 0.1) is 0 Å². The molecule has 2 N–H and O–H groups in total. The molecule has 0 spiro atoms. The molecule has 0 radical (unpaired) electrons. The van der Waals surface area contributed by atoms with E-state index in [4.69, 9.17) is 5.73 Å². The van der Waals surface area contributed by atoms with Crippen molar-refractivity contribution in [2.75, 3.05) is 0 Å². The van der Waals surface area contributed by atoms with Gasteiger partial charge in [-0.05, 0) is 36.4 Å². The lowest BCUT2D eigenvalue weighted by molar-refractivity contribution is 0.622. The first kappa shape index (κ1) is 13.0. The summed E-state index contributed by atoms with van der Waals surface area (Å²) in [6.07, 6.45) is 3.62. The maximum Gasteiger partial charge on any atom is 0.0998 e. The summed E-state index contributed by atoms with van der Waals surface area (Å²) in [6, 6.07) is 14.0. The van der Waals surface area contributed by atoms with Crippen molar-refractivity contribution >= 4 is 11.3 Å². The van der Waals surface area contributed by atoms with Gasteiger partial charge < -0.3 is 5.73 Å². The van der Waals surface area contributed by atoms with Gasteiger partial charge in [0.15, 0.2) is 0 Å². The fourth-order valence-electron chi connectivity index (χ4n) is 2.03. The Labute approximate surface area is 121 Å². The fourth-order valence-corrected chi connectivity index (χ4v) is 2.76. The molecule has 20 heavy (non-hydrogen) atoms. The van der Waals surface area contributed by atoms with E-state index in [0.29, 0.717) is 0 Å². The average molecular weight is 284 g/mol. The van der Waals surface area contributed by atoms with Gasteiger partial charge in [0.25, 0.3) is 0 Å². The van der Waals surface area contributed by atoms with Crippen molar-refractivity contribution in [3.05, 3.63) is 64.6 Å². The molecule has 1 aromatic carbocycles. The summed E-state index contributed by atoms with van der Waals surface area (Å²) < 4.78 is 0. The second kappa shape index (κ2) is 5.98. The molecule has 5 heteroatoms. The molecule has 0 bridgehead atoms. The van der Waals surface area contributed by atoms with Crippen LogP contribution in [-0.2, 0) is 6.42 Å². The predicted molar refractivity (Wildman–Crippen MR) is 80.9 cm³/mol. The highest BCUT2D eigenvalue weighted by Crippen LogP contribution is 2.18. The van der Waals surface area contributed by atoms with Crippen LogP contribution >= 0.6 is 11.3 Å². The van der Waals surface area contributed by atoms with Crippen molar-refractivity contribution in [1.82, 2.24) is 15.0 Å². The molecular formula is C15H16N4S. The minimum Gasteiger partial charge on any atom is -0.323 e. The number of thiophene rings is 1. The summed E-state index contributed by atoms with van der Waals surface area (Å²) in [5, 5.41) is 10.8. The first-order valence-electron chi connectivity index (χ1n) is 6.58. The third-order valence-electron chi connectivity index (χ3n) is 3.16. The fraction of sp³-hybridized carbons (Fsp3) is 0.200. The summed E-state index contributed by atoms with van der Waals surface area (Å²) in [4.78, 5) is 2.98. The highest BCUT2D eigenvalue weighted by atomic mass is 32.1. The zero-order valence-electron chi connectivity index (χ0n) is 11.0. The summed E-state index contributed by atoms with van der Waals surface area (Å²) >= 11 is 1.77. The predicted octanol–water partition coefficient (Wildman–Crippen LogP) is 2.96. The van der Waals surface area contributed by atoms with Crippen LogP contribution < -0.4 is 5.73 Å². The minimum atomic E-state index is -0.0745. The smallest absolute Gasteiger partial charge is 0.0998 e.